The number of H-pyrrole nitrogens is 1. The SMILES string of the molecule is O=C(NCCCc1nc2ccccc2[nH]1)N1C[C@@H]2CCC[C@@]2(C(=O)O)C1. The first-order chi connectivity index (χ1) is 12.6. The lowest BCUT2D eigenvalue weighted by molar-refractivity contribution is -0.149. The van der Waals surface area contributed by atoms with Gasteiger partial charge in [0.15, 0.2) is 0 Å². The van der Waals surface area contributed by atoms with Crippen molar-refractivity contribution in [2.45, 2.75) is 32.1 Å². The first-order valence-corrected chi connectivity index (χ1v) is 9.28. The summed E-state index contributed by atoms with van der Waals surface area (Å²) in [7, 11) is 0. The molecule has 0 radical (unpaired) electrons. The fourth-order valence-electron chi connectivity index (χ4n) is 4.48. The van der Waals surface area contributed by atoms with E-state index in [0.717, 1.165) is 42.5 Å². The number of likely N-dealkylation sites (tertiary alicyclic amines) is 1. The van der Waals surface area contributed by atoms with Crippen LogP contribution in [0.25, 0.3) is 11.0 Å². The lowest BCUT2D eigenvalue weighted by Crippen LogP contribution is -2.42. The van der Waals surface area contributed by atoms with Crippen LogP contribution in [0.1, 0.15) is 31.5 Å². The number of fused-ring (bicyclic) bond motifs is 2. The third kappa shape index (κ3) is 2.91. The summed E-state index contributed by atoms with van der Waals surface area (Å²) in [4.78, 5) is 33.6. The van der Waals surface area contributed by atoms with E-state index in [1.807, 2.05) is 24.3 Å². The number of carbonyl (C=O) groups is 2. The number of aliphatic carboxylic acids is 1. The molecule has 2 heterocycles. The van der Waals surface area contributed by atoms with Crippen LogP contribution in [0, 0.1) is 11.3 Å². The lowest BCUT2D eigenvalue weighted by Gasteiger charge is -2.23. The maximum absolute atomic E-state index is 12.4. The van der Waals surface area contributed by atoms with Gasteiger partial charge in [-0.3, -0.25) is 4.79 Å². The Labute approximate surface area is 151 Å². The smallest absolute Gasteiger partial charge is 0.317 e. The van der Waals surface area contributed by atoms with Crippen molar-refractivity contribution < 1.29 is 14.7 Å². The molecule has 1 aliphatic heterocycles. The molecule has 2 aliphatic rings. The number of urea groups is 1. The van der Waals surface area contributed by atoms with Crippen molar-refractivity contribution in [1.82, 2.24) is 20.2 Å². The van der Waals surface area contributed by atoms with Crippen molar-refractivity contribution in [3.63, 3.8) is 0 Å². The summed E-state index contributed by atoms with van der Waals surface area (Å²) < 4.78 is 0. The number of benzene rings is 1. The van der Waals surface area contributed by atoms with E-state index in [9.17, 15) is 14.7 Å². The highest BCUT2D eigenvalue weighted by atomic mass is 16.4. The van der Waals surface area contributed by atoms with E-state index < -0.39 is 11.4 Å². The van der Waals surface area contributed by atoms with Gasteiger partial charge in [0, 0.05) is 26.1 Å². The van der Waals surface area contributed by atoms with Gasteiger partial charge in [0.2, 0.25) is 0 Å². The monoisotopic (exact) mass is 356 g/mol. The molecule has 2 fully saturated rings. The van der Waals surface area contributed by atoms with Crippen LogP contribution in [0.2, 0.25) is 0 Å². The number of para-hydroxylation sites is 2. The predicted octanol–water partition coefficient (Wildman–Crippen LogP) is 2.39. The molecule has 1 saturated heterocycles. The Bertz CT molecular complexity index is 800. The molecule has 0 bridgehead atoms. The number of carboxylic acids is 1. The van der Waals surface area contributed by atoms with E-state index in [4.69, 9.17) is 0 Å². The number of hydrogen-bond donors (Lipinski definition) is 3. The number of aromatic nitrogens is 2. The first-order valence-electron chi connectivity index (χ1n) is 9.28. The number of carbonyl (C=O) groups excluding carboxylic acids is 1. The second kappa shape index (κ2) is 6.63. The van der Waals surface area contributed by atoms with E-state index in [-0.39, 0.29) is 11.9 Å². The zero-order valence-electron chi connectivity index (χ0n) is 14.7. The number of aromatic amines is 1. The minimum atomic E-state index is -0.750. The van der Waals surface area contributed by atoms with Gasteiger partial charge < -0.3 is 20.3 Å². The van der Waals surface area contributed by atoms with Crippen LogP contribution in [0.5, 0.6) is 0 Å². The number of aryl methyl sites for hydroxylation is 1. The number of imidazole rings is 1. The number of rotatable bonds is 5. The lowest BCUT2D eigenvalue weighted by atomic mass is 9.81. The van der Waals surface area contributed by atoms with E-state index in [1.54, 1.807) is 4.90 Å². The minimum Gasteiger partial charge on any atom is -0.481 e. The molecule has 7 nitrogen and oxygen atoms in total. The Kier molecular flexibility index (Phi) is 4.30. The standard InChI is InChI=1S/C19H24N4O3/c24-17(25)19-9-3-5-13(19)11-23(12-19)18(26)20-10-4-8-16-21-14-6-1-2-7-15(14)22-16/h1-2,6-7,13H,3-5,8-12H2,(H,20,26)(H,21,22)(H,24,25)/t13-,19+/m0/s1. The third-order valence-electron chi connectivity index (χ3n) is 5.89. The van der Waals surface area contributed by atoms with Gasteiger partial charge in [0.1, 0.15) is 5.82 Å². The molecule has 4 rings (SSSR count). The van der Waals surface area contributed by atoms with Gasteiger partial charge in [-0.15, -0.1) is 0 Å². The Morgan fingerprint density at radius 1 is 1.38 bits per heavy atom. The Hall–Kier alpha value is -2.57. The summed E-state index contributed by atoms with van der Waals surface area (Å²) in [5, 5.41) is 12.5. The average molecular weight is 356 g/mol. The molecule has 1 saturated carbocycles. The Morgan fingerprint density at radius 3 is 3.00 bits per heavy atom. The van der Waals surface area contributed by atoms with E-state index in [0.29, 0.717) is 26.1 Å². The molecule has 2 atom stereocenters. The highest BCUT2D eigenvalue weighted by Gasteiger charge is 2.55. The fraction of sp³-hybridized carbons (Fsp3) is 0.526. The second-order valence-corrected chi connectivity index (χ2v) is 7.47. The normalized spacial score (nSPS) is 24.8. The van der Waals surface area contributed by atoms with Crippen molar-refractivity contribution in [2.75, 3.05) is 19.6 Å². The molecule has 0 spiro atoms. The maximum Gasteiger partial charge on any atom is 0.317 e. The van der Waals surface area contributed by atoms with Crippen LogP contribution in [-0.2, 0) is 11.2 Å². The molecule has 2 amide bonds. The molecule has 138 valence electrons. The van der Waals surface area contributed by atoms with Gasteiger partial charge in [0.25, 0.3) is 0 Å². The summed E-state index contributed by atoms with van der Waals surface area (Å²) in [5.74, 6) is 0.266. The predicted molar refractivity (Wildman–Crippen MR) is 96.8 cm³/mol. The van der Waals surface area contributed by atoms with Crippen molar-refractivity contribution in [3.05, 3.63) is 30.1 Å². The van der Waals surface area contributed by atoms with E-state index in [1.165, 1.54) is 0 Å². The van der Waals surface area contributed by atoms with Gasteiger partial charge in [-0.05, 0) is 37.3 Å². The summed E-state index contributed by atoms with van der Waals surface area (Å²) in [5.41, 5.74) is 1.26. The van der Waals surface area contributed by atoms with Crippen LogP contribution in [0.3, 0.4) is 0 Å². The summed E-state index contributed by atoms with van der Waals surface area (Å²) >= 11 is 0. The highest BCUT2D eigenvalue weighted by molar-refractivity contribution is 5.80. The van der Waals surface area contributed by atoms with Gasteiger partial charge >= 0.3 is 12.0 Å². The topological polar surface area (TPSA) is 98.3 Å². The zero-order valence-corrected chi connectivity index (χ0v) is 14.7. The van der Waals surface area contributed by atoms with Crippen molar-refractivity contribution in [2.24, 2.45) is 11.3 Å². The number of carboxylic acid groups (broad SMARTS) is 1. The minimum absolute atomic E-state index is 0.0984. The van der Waals surface area contributed by atoms with E-state index >= 15 is 0 Å². The molecule has 1 aliphatic carbocycles. The Balaban J connectivity index is 1.26. The van der Waals surface area contributed by atoms with Crippen molar-refractivity contribution in [1.29, 1.82) is 0 Å². The first kappa shape index (κ1) is 16.9. The summed E-state index contributed by atoms with van der Waals surface area (Å²) in [6.45, 7) is 1.45. The highest BCUT2D eigenvalue weighted by Crippen LogP contribution is 2.48. The molecule has 1 aromatic carbocycles. The molecule has 3 N–H and O–H groups in total. The van der Waals surface area contributed by atoms with Gasteiger partial charge in [0.05, 0.1) is 16.4 Å². The molecule has 1 aromatic heterocycles. The van der Waals surface area contributed by atoms with Crippen molar-refractivity contribution >= 4 is 23.0 Å². The molecule has 26 heavy (non-hydrogen) atoms. The van der Waals surface area contributed by atoms with Crippen molar-refractivity contribution in [3.8, 4) is 0 Å². The molecular formula is C19H24N4O3. The number of amides is 2. The van der Waals surface area contributed by atoms with Gasteiger partial charge in [-0.25, -0.2) is 9.78 Å². The molecule has 0 unspecified atom stereocenters. The van der Waals surface area contributed by atoms with Crippen LogP contribution < -0.4 is 5.32 Å². The maximum atomic E-state index is 12.4. The number of nitrogens with one attached hydrogen (secondary N) is 2. The van der Waals surface area contributed by atoms with E-state index in [2.05, 4.69) is 15.3 Å². The quantitative estimate of drug-likeness (QED) is 0.717. The van der Waals surface area contributed by atoms with Crippen LogP contribution in [0.15, 0.2) is 24.3 Å². The van der Waals surface area contributed by atoms with Crippen LogP contribution in [0.4, 0.5) is 4.79 Å². The third-order valence-corrected chi connectivity index (χ3v) is 5.89. The summed E-state index contributed by atoms with van der Waals surface area (Å²) in [6, 6.07) is 7.75. The van der Waals surface area contributed by atoms with Gasteiger partial charge in [-0.2, -0.15) is 0 Å². The molecule has 2 aromatic rings. The zero-order chi connectivity index (χ0) is 18.1. The summed E-state index contributed by atoms with van der Waals surface area (Å²) in [6.07, 6.45) is 4.08. The second-order valence-electron chi connectivity index (χ2n) is 7.47. The molecule has 7 heteroatoms. The molecular weight excluding hydrogens is 332 g/mol. The largest absolute Gasteiger partial charge is 0.481 e. The fourth-order valence-corrected chi connectivity index (χ4v) is 4.48. The number of hydrogen-bond acceptors (Lipinski definition) is 3. The van der Waals surface area contributed by atoms with Crippen LogP contribution in [-0.4, -0.2) is 51.6 Å². The van der Waals surface area contributed by atoms with Gasteiger partial charge in [-0.1, -0.05) is 18.6 Å². The Morgan fingerprint density at radius 2 is 2.23 bits per heavy atom. The average Bonchev–Trinajstić information content (AvgIpc) is 3.29. The number of nitrogens with zero attached hydrogens (tertiary/aromatic N) is 2. The van der Waals surface area contributed by atoms with Crippen LogP contribution >= 0.6 is 0 Å².